The summed E-state index contributed by atoms with van der Waals surface area (Å²) >= 11 is 0. The number of hydrogen-bond donors (Lipinski definition) is 0. The molecule has 49 heavy (non-hydrogen) atoms. The van der Waals surface area contributed by atoms with Crippen LogP contribution in [0.1, 0.15) is 33.3 Å². The van der Waals surface area contributed by atoms with E-state index in [1.165, 1.54) is 73.0 Å². The Morgan fingerprint density at radius 1 is 0.653 bits per heavy atom. The summed E-state index contributed by atoms with van der Waals surface area (Å²) in [5.41, 5.74) is 18.3. The normalized spacial score (nSPS) is 24.1. The van der Waals surface area contributed by atoms with Crippen molar-refractivity contribution < 1.29 is 0 Å². The van der Waals surface area contributed by atoms with Gasteiger partial charge in [0.25, 0.3) is 0 Å². The van der Waals surface area contributed by atoms with Crippen molar-refractivity contribution in [3.05, 3.63) is 156 Å². The van der Waals surface area contributed by atoms with Gasteiger partial charge in [-0.15, -0.1) is 0 Å². The van der Waals surface area contributed by atoms with Gasteiger partial charge >= 0.3 is 6.85 Å². The molecule has 2 aliphatic carbocycles. The van der Waals surface area contributed by atoms with Crippen molar-refractivity contribution in [2.75, 3.05) is 14.6 Å². The van der Waals surface area contributed by atoms with E-state index in [4.69, 9.17) is 0 Å². The van der Waals surface area contributed by atoms with E-state index in [1.807, 2.05) is 0 Å². The van der Waals surface area contributed by atoms with Crippen molar-refractivity contribution in [3.8, 4) is 11.1 Å². The number of fused-ring (bicyclic) bond motifs is 6. The van der Waals surface area contributed by atoms with E-state index in [0.29, 0.717) is 11.8 Å². The van der Waals surface area contributed by atoms with E-state index in [1.54, 1.807) is 5.57 Å². The minimum Gasteiger partial charge on any atom is -0.380 e. The summed E-state index contributed by atoms with van der Waals surface area (Å²) in [7, 11) is 0. The quantitative estimate of drug-likeness (QED) is 0.142. The molecule has 0 N–H and O–H groups in total. The lowest BCUT2D eigenvalue weighted by molar-refractivity contribution is 0.500. The zero-order chi connectivity index (χ0) is 33.2. The van der Waals surface area contributed by atoms with Crippen molar-refractivity contribution in [2.45, 2.75) is 40.2 Å². The van der Waals surface area contributed by atoms with Gasteiger partial charge in [-0.1, -0.05) is 105 Å². The Labute approximate surface area is 290 Å². The summed E-state index contributed by atoms with van der Waals surface area (Å²) in [4.78, 5) is 7.89. The van der Waals surface area contributed by atoms with Crippen molar-refractivity contribution >= 4 is 51.9 Å². The number of rotatable bonds is 2. The Morgan fingerprint density at radius 3 is 2.14 bits per heavy atom. The number of para-hydroxylation sites is 3. The minimum atomic E-state index is -0.360. The Hall–Kier alpha value is -5.22. The van der Waals surface area contributed by atoms with Crippen LogP contribution in [0.15, 0.2) is 150 Å². The molecule has 5 aliphatic rings. The van der Waals surface area contributed by atoms with Gasteiger partial charge in [-0.3, -0.25) is 0 Å². The summed E-state index contributed by atoms with van der Waals surface area (Å²) in [5, 5.41) is 0. The molecule has 3 nitrogen and oxygen atoms in total. The summed E-state index contributed by atoms with van der Waals surface area (Å²) in [6, 6.07) is 43.3. The molecule has 0 saturated carbocycles. The van der Waals surface area contributed by atoms with Crippen LogP contribution >= 0.6 is 0 Å². The molecule has 0 saturated heterocycles. The van der Waals surface area contributed by atoms with Crippen LogP contribution in [0.3, 0.4) is 0 Å². The van der Waals surface area contributed by atoms with Crippen LogP contribution in [0.4, 0.5) is 34.1 Å². The standard InChI is InChI=1S/C45H40BN3/c1-28-24-36-35-18-12-13-19-38(35)49-40-26-30(3)42-29(2)22-23-45(5,43(42)31(40)4)48(33-16-10-7-11-17-33)34-20-21-39-37(27-34)46(49)44(36)41(25-28)47(39)32-14-8-6-9-15-32/h6-27,29-31H,1-5H3. The number of benzene rings is 5. The Bertz CT molecular complexity index is 2290. The maximum absolute atomic E-state index is 2.74. The summed E-state index contributed by atoms with van der Waals surface area (Å²) in [6.45, 7) is 12.0. The lowest BCUT2D eigenvalue weighted by atomic mass is 9.42. The molecule has 0 amide bonds. The van der Waals surface area contributed by atoms with Crippen LogP contribution in [-0.2, 0) is 0 Å². The molecule has 0 aromatic heterocycles. The molecule has 3 heterocycles. The molecule has 4 unspecified atom stereocenters. The van der Waals surface area contributed by atoms with Gasteiger partial charge in [-0.05, 0) is 108 Å². The average Bonchev–Trinajstić information content (AvgIpc) is 3.11. The van der Waals surface area contributed by atoms with Crippen LogP contribution in [0.5, 0.6) is 0 Å². The summed E-state index contributed by atoms with van der Waals surface area (Å²) in [5.74, 6) is 0.901. The highest BCUT2D eigenvalue weighted by Gasteiger charge is 2.51. The van der Waals surface area contributed by atoms with E-state index < -0.39 is 0 Å². The van der Waals surface area contributed by atoms with Gasteiger partial charge in [0.1, 0.15) is 0 Å². The Kier molecular flexibility index (Phi) is 5.96. The van der Waals surface area contributed by atoms with Gasteiger partial charge in [0.2, 0.25) is 0 Å². The van der Waals surface area contributed by atoms with E-state index in [0.717, 1.165) is 0 Å². The molecule has 3 aliphatic heterocycles. The van der Waals surface area contributed by atoms with Crippen molar-refractivity contribution in [2.24, 2.45) is 17.8 Å². The molecule has 4 atom stereocenters. The zero-order valence-electron chi connectivity index (χ0n) is 28.9. The highest BCUT2D eigenvalue weighted by atomic mass is 15.2. The fraction of sp³-hybridized carbons (Fsp3) is 0.200. The lowest BCUT2D eigenvalue weighted by Gasteiger charge is -2.55. The molecular formula is C45H40BN3. The molecule has 4 bridgehead atoms. The number of aryl methyl sites for hydroxylation is 1. The first-order chi connectivity index (χ1) is 23.8. The number of hydrogen-bond acceptors (Lipinski definition) is 3. The maximum Gasteiger partial charge on any atom is 0.332 e. The molecule has 0 spiro atoms. The third-order valence-corrected chi connectivity index (χ3v) is 11.9. The first-order valence-corrected chi connectivity index (χ1v) is 17.9. The molecular weight excluding hydrogens is 593 g/mol. The first kappa shape index (κ1) is 28.8. The third-order valence-electron chi connectivity index (χ3n) is 11.9. The van der Waals surface area contributed by atoms with Crippen LogP contribution < -0.4 is 25.5 Å². The van der Waals surface area contributed by atoms with Gasteiger partial charge in [-0.2, -0.15) is 0 Å². The van der Waals surface area contributed by atoms with E-state index in [-0.39, 0.29) is 18.3 Å². The van der Waals surface area contributed by atoms with Gasteiger partial charge in [-0.25, -0.2) is 0 Å². The van der Waals surface area contributed by atoms with Crippen molar-refractivity contribution in [3.63, 3.8) is 0 Å². The Morgan fingerprint density at radius 2 is 1.37 bits per heavy atom. The number of anilines is 6. The van der Waals surface area contributed by atoms with Crippen LogP contribution in [-0.4, -0.2) is 12.4 Å². The smallest absolute Gasteiger partial charge is 0.332 e. The second-order valence-electron chi connectivity index (χ2n) is 14.9. The fourth-order valence-electron chi connectivity index (χ4n) is 10.1. The van der Waals surface area contributed by atoms with Gasteiger partial charge in [0, 0.05) is 51.3 Å². The SMILES string of the molecule is Cc1cc2c3c(c1)N(c1ccccc1)c1ccc4cc1B3N(C1=CC(C)C3=C(C1C)C(C)(C=CC3C)N4c1ccccc1)c1ccccc1-2. The van der Waals surface area contributed by atoms with Crippen LogP contribution in [0.2, 0.25) is 0 Å². The van der Waals surface area contributed by atoms with E-state index in [2.05, 4.69) is 183 Å². The van der Waals surface area contributed by atoms with E-state index >= 15 is 0 Å². The first-order valence-electron chi connectivity index (χ1n) is 17.9. The summed E-state index contributed by atoms with van der Waals surface area (Å²) in [6.07, 6.45) is 7.57. The maximum atomic E-state index is 2.74. The molecule has 5 aromatic carbocycles. The molecule has 10 rings (SSSR count). The largest absolute Gasteiger partial charge is 0.380 e. The fourth-order valence-corrected chi connectivity index (χ4v) is 10.1. The highest BCUT2D eigenvalue weighted by Crippen LogP contribution is 2.55. The average molecular weight is 634 g/mol. The molecule has 0 radical (unpaired) electrons. The summed E-state index contributed by atoms with van der Waals surface area (Å²) < 4.78 is 0. The van der Waals surface area contributed by atoms with Crippen LogP contribution in [0.25, 0.3) is 11.1 Å². The van der Waals surface area contributed by atoms with Gasteiger partial charge in [0.15, 0.2) is 0 Å². The predicted octanol–water partition coefficient (Wildman–Crippen LogP) is 9.95. The van der Waals surface area contributed by atoms with E-state index in [9.17, 15) is 0 Å². The lowest BCUT2D eigenvalue weighted by Crippen LogP contribution is -2.64. The predicted molar refractivity (Wildman–Crippen MR) is 208 cm³/mol. The van der Waals surface area contributed by atoms with Gasteiger partial charge < -0.3 is 14.6 Å². The number of allylic oxidation sites excluding steroid dienone is 4. The van der Waals surface area contributed by atoms with Gasteiger partial charge in [0.05, 0.1) is 5.54 Å². The second-order valence-corrected chi connectivity index (χ2v) is 14.9. The van der Waals surface area contributed by atoms with Crippen molar-refractivity contribution in [1.82, 2.24) is 0 Å². The molecule has 238 valence electrons. The number of nitrogens with zero attached hydrogens (tertiary/aromatic N) is 3. The zero-order valence-corrected chi connectivity index (χ0v) is 28.9. The van der Waals surface area contributed by atoms with Crippen LogP contribution in [0, 0.1) is 24.7 Å². The Balaban J connectivity index is 1.37. The molecule has 0 fully saturated rings. The minimum absolute atomic E-state index is 0.0250. The monoisotopic (exact) mass is 633 g/mol. The second kappa shape index (κ2) is 10.2. The van der Waals surface area contributed by atoms with Crippen molar-refractivity contribution in [1.29, 1.82) is 0 Å². The third kappa shape index (κ3) is 3.80. The highest BCUT2D eigenvalue weighted by molar-refractivity contribution is 6.93. The topological polar surface area (TPSA) is 9.72 Å². The molecule has 4 heteroatoms. The molecule has 5 aromatic rings.